The van der Waals surface area contributed by atoms with E-state index in [2.05, 4.69) is 15.3 Å². The van der Waals surface area contributed by atoms with Gasteiger partial charge in [-0.1, -0.05) is 6.92 Å². The van der Waals surface area contributed by atoms with E-state index < -0.39 is 0 Å². The Morgan fingerprint density at radius 3 is 3.00 bits per heavy atom. The van der Waals surface area contributed by atoms with Crippen LogP contribution in [0.5, 0.6) is 0 Å². The quantitative estimate of drug-likeness (QED) is 0.818. The van der Waals surface area contributed by atoms with E-state index in [0.717, 1.165) is 18.0 Å². The number of anilines is 2. The largest absolute Gasteiger partial charge is 0.444 e. The molecule has 5 nitrogen and oxygen atoms in total. The second kappa shape index (κ2) is 4.65. The minimum Gasteiger partial charge on any atom is -0.444 e. The molecule has 16 heavy (non-hydrogen) atoms. The SMILES string of the molecule is CCc1cnc(CNc2cc(N)ccn2)o1. The van der Waals surface area contributed by atoms with Crippen LogP contribution in [0.1, 0.15) is 18.6 Å². The van der Waals surface area contributed by atoms with Crippen LogP contribution in [0.4, 0.5) is 11.5 Å². The Labute approximate surface area is 93.7 Å². The van der Waals surface area contributed by atoms with E-state index in [9.17, 15) is 0 Å². The van der Waals surface area contributed by atoms with Crippen molar-refractivity contribution in [1.29, 1.82) is 0 Å². The number of aryl methyl sites for hydroxylation is 1. The molecule has 0 atom stereocenters. The smallest absolute Gasteiger partial charge is 0.213 e. The van der Waals surface area contributed by atoms with Gasteiger partial charge in [-0.3, -0.25) is 0 Å². The van der Waals surface area contributed by atoms with E-state index in [0.29, 0.717) is 18.1 Å². The summed E-state index contributed by atoms with van der Waals surface area (Å²) in [4.78, 5) is 8.26. The third kappa shape index (κ3) is 2.50. The number of nitrogens with one attached hydrogen (secondary N) is 1. The molecule has 2 heterocycles. The Morgan fingerprint density at radius 1 is 1.44 bits per heavy atom. The van der Waals surface area contributed by atoms with E-state index in [1.165, 1.54) is 0 Å². The molecule has 0 amide bonds. The molecular formula is C11H14N4O. The van der Waals surface area contributed by atoms with Crippen LogP contribution in [-0.4, -0.2) is 9.97 Å². The summed E-state index contributed by atoms with van der Waals surface area (Å²) in [5.41, 5.74) is 6.31. The number of hydrogen-bond acceptors (Lipinski definition) is 5. The fourth-order valence-corrected chi connectivity index (χ4v) is 1.30. The standard InChI is InChI=1S/C11H14N4O/c1-2-9-6-15-11(16-9)7-14-10-5-8(12)3-4-13-10/h3-6H,2,7H2,1H3,(H3,12,13,14). The predicted molar refractivity (Wildman–Crippen MR) is 61.9 cm³/mol. The van der Waals surface area contributed by atoms with Gasteiger partial charge in [-0.05, 0) is 6.07 Å². The van der Waals surface area contributed by atoms with Crippen molar-refractivity contribution in [2.45, 2.75) is 19.9 Å². The van der Waals surface area contributed by atoms with E-state index >= 15 is 0 Å². The monoisotopic (exact) mass is 218 g/mol. The molecule has 2 aromatic heterocycles. The molecule has 0 radical (unpaired) electrons. The van der Waals surface area contributed by atoms with E-state index in [1.807, 2.05) is 6.92 Å². The maximum absolute atomic E-state index is 5.63. The highest BCUT2D eigenvalue weighted by molar-refractivity contribution is 5.48. The van der Waals surface area contributed by atoms with Gasteiger partial charge in [0.15, 0.2) is 0 Å². The van der Waals surface area contributed by atoms with Gasteiger partial charge in [0, 0.05) is 24.4 Å². The summed E-state index contributed by atoms with van der Waals surface area (Å²) in [6.45, 7) is 2.54. The highest BCUT2D eigenvalue weighted by Crippen LogP contribution is 2.10. The van der Waals surface area contributed by atoms with Crippen LogP contribution in [-0.2, 0) is 13.0 Å². The number of pyridine rings is 1. The van der Waals surface area contributed by atoms with Crippen LogP contribution in [0.25, 0.3) is 0 Å². The van der Waals surface area contributed by atoms with Gasteiger partial charge in [-0.2, -0.15) is 0 Å². The average Bonchev–Trinajstić information content (AvgIpc) is 2.74. The summed E-state index contributed by atoms with van der Waals surface area (Å²) in [7, 11) is 0. The van der Waals surface area contributed by atoms with Crippen molar-refractivity contribution in [2.24, 2.45) is 0 Å². The van der Waals surface area contributed by atoms with E-state index in [-0.39, 0.29) is 0 Å². The summed E-state index contributed by atoms with van der Waals surface area (Å²) in [6.07, 6.45) is 4.25. The molecule has 3 N–H and O–H groups in total. The van der Waals surface area contributed by atoms with Gasteiger partial charge in [-0.25, -0.2) is 9.97 Å². The molecule has 0 spiro atoms. The third-order valence-corrected chi connectivity index (χ3v) is 2.15. The first-order valence-corrected chi connectivity index (χ1v) is 5.17. The summed E-state index contributed by atoms with van der Waals surface area (Å²) >= 11 is 0. The predicted octanol–water partition coefficient (Wildman–Crippen LogP) is 1.83. The summed E-state index contributed by atoms with van der Waals surface area (Å²) in [5, 5.41) is 3.09. The number of nitrogen functional groups attached to an aromatic ring is 1. The minimum absolute atomic E-state index is 0.510. The molecule has 0 aliphatic carbocycles. The first-order chi connectivity index (χ1) is 7.78. The Hall–Kier alpha value is -2.04. The Bertz CT molecular complexity index is 467. The molecule has 2 rings (SSSR count). The zero-order valence-electron chi connectivity index (χ0n) is 9.10. The molecule has 0 bridgehead atoms. The van der Waals surface area contributed by atoms with Crippen LogP contribution in [0, 0.1) is 0 Å². The lowest BCUT2D eigenvalue weighted by Crippen LogP contribution is -2.01. The van der Waals surface area contributed by atoms with Crippen molar-refractivity contribution in [3.8, 4) is 0 Å². The Morgan fingerprint density at radius 2 is 2.31 bits per heavy atom. The van der Waals surface area contributed by atoms with Gasteiger partial charge in [0.05, 0.1) is 12.7 Å². The van der Waals surface area contributed by atoms with Crippen LogP contribution in [0.3, 0.4) is 0 Å². The van der Waals surface area contributed by atoms with Gasteiger partial charge in [-0.15, -0.1) is 0 Å². The number of hydrogen-bond donors (Lipinski definition) is 2. The van der Waals surface area contributed by atoms with Crippen molar-refractivity contribution in [1.82, 2.24) is 9.97 Å². The molecular weight excluding hydrogens is 204 g/mol. The van der Waals surface area contributed by atoms with Crippen LogP contribution >= 0.6 is 0 Å². The number of nitrogens with zero attached hydrogens (tertiary/aromatic N) is 2. The lowest BCUT2D eigenvalue weighted by Gasteiger charge is -2.02. The third-order valence-electron chi connectivity index (χ3n) is 2.15. The number of oxazole rings is 1. The van der Waals surface area contributed by atoms with Crippen molar-refractivity contribution in [2.75, 3.05) is 11.1 Å². The van der Waals surface area contributed by atoms with Crippen molar-refractivity contribution < 1.29 is 4.42 Å². The summed E-state index contributed by atoms with van der Waals surface area (Å²) < 4.78 is 5.45. The van der Waals surface area contributed by atoms with Crippen molar-refractivity contribution >= 4 is 11.5 Å². The zero-order valence-corrected chi connectivity index (χ0v) is 9.10. The molecule has 0 fully saturated rings. The molecule has 5 heteroatoms. The van der Waals surface area contributed by atoms with E-state index in [4.69, 9.17) is 10.2 Å². The first kappa shape index (κ1) is 10.5. The number of nitrogens with two attached hydrogens (primary N) is 1. The van der Waals surface area contributed by atoms with Crippen molar-refractivity contribution in [3.63, 3.8) is 0 Å². The second-order valence-electron chi connectivity index (χ2n) is 3.40. The molecule has 0 unspecified atom stereocenters. The number of aromatic nitrogens is 2. The molecule has 84 valence electrons. The Kier molecular flexibility index (Phi) is 3.05. The molecule has 0 saturated carbocycles. The summed E-state index contributed by atoms with van der Waals surface area (Å²) in [6, 6.07) is 3.51. The fourth-order valence-electron chi connectivity index (χ4n) is 1.30. The van der Waals surface area contributed by atoms with Gasteiger partial charge in [0.25, 0.3) is 0 Å². The fraction of sp³-hybridized carbons (Fsp3) is 0.273. The molecule has 0 aromatic carbocycles. The Balaban J connectivity index is 1.96. The van der Waals surface area contributed by atoms with E-state index in [1.54, 1.807) is 24.5 Å². The van der Waals surface area contributed by atoms with Crippen LogP contribution < -0.4 is 11.1 Å². The lowest BCUT2D eigenvalue weighted by molar-refractivity contribution is 0.465. The maximum Gasteiger partial charge on any atom is 0.213 e. The minimum atomic E-state index is 0.510. The lowest BCUT2D eigenvalue weighted by atomic mass is 10.4. The van der Waals surface area contributed by atoms with Gasteiger partial charge in [0.2, 0.25) is 5.89 Å². The van der Waals surface area contributed by atoms with Gasteiger partial charge in [0.1, 0.15) is 11.6 Å². The van der Waals surface area contributed by atoms with Gasteiger partial charge < -0.3 is 15.5 Å². The number of rotatable bonds is 4. The maximum atomic E-state index is 5.63. The highest BCUT2D eigenvalue weighted by atomic mass is 16.4. The molecule has 0 saturated heterocycles. The highest BCUT2D eigenvalue weighted by Gasteiger charge is 2.02. The molecule has 0 aliphatic rings. The second-order valence-corrected chi connectivity index (χ2v) is 3.40. The molecule has 0 aliphatic heterocycles. The normalized spacial score (nSPS) is 10.3. The first-order valence-electron chi connectivity index (χ1n) is 5.17. The van der Waals surface area contributed by atoms with Gasteiger partial charge >= 0.3 is 0 Å². The summed E-state index contributed by atoms with van der Waals surface area (Å²) in [5.74, 6) is 2.26. The zero-order chi connectivity index (χ0) is 11.4. The average molecular weight is 218 g/mol. The topological polar surface area (TPSA) is 77.0 Å². The van der Waals surface area contributed by atoms with Crippen LogP contribution in [0.15, 0.2) is 28.9 Å². The molecule has 2 aromatic rings. The van der Waals surface area contributed by atoms with Crippen LogP contribution in [0.2, 0.25) is 0 Å². The van der Waals surface area contributed by atoms with Crippen molar-refractivity contribution in [3.05, 3.63) is 36.2 Å².